The smallest absolute Gasteiger partial charge is 0.408 e. The lowest BCUT2D eigenvalue weighted by Crippen LogP contribution is -2.48. The molecule has 1 N–H and O–H groups in total. The van der Waals surface area contributed by atoms with Crippen molar-refractivity contribution in [3.8, 4) is 0 Å². The molecule has 120 valence electrons. The molecule has 1 amide bonds. The zero-order chi connectivity index (χ0) is 15.7. The predicted octanol–water partition coefficient (Wildman–Crippen LogP) is 1.66. The van der Waals surface area contributed by atoms with E-state index in [1.165, 1.54) is 0 Å². The molecular formula is C15H25NO5. The minimum absolute atomic E-state index is 0.0831. The van der Waals surface area contributed by atoms with E-state index in [0.29, 0.717) is 26.2 Å². The van der Waals surface area contributed by atoms with Crippen molar-refractivity contribution < 1.29 is 23.8 Å². The third kappa shape index (κ3) is 4.68. The summed E-state index contributed by atoms with van der Waals surface area (Å²) in [5, 5.41) is 2.70. The van der Waals surface area contributed by atoms with Gasteiger partial charge in [-0.3, -0.25) is 4.79 Å². The Morgan fingerprint density at radius 3 is 2.57 bits per heavy atom. The first-order valence-electron chi connectivity index (χ1n) is 7.45. The second-order valence-electron chi connectivity index (χ2n) is 7.05. The molecular weight excluding hydrogens is 274 g/mol. The maximum atomic E-state index is 12.5. The summed E-state index contributed by atoms with van der Waals surface area (Å²) in [6.45, 7) is 8.89. The summed E-state index contributed by atoms with van der Waals surface area (Å²) in [5.74, 6) is 0.205. The van der Waals surface area contributed by atoms with Gasteiger partial charge in [0.1, 0.15) is 11.2 Å². The number of alkyl carbamates (subject to hydrolysis) is 1. The van der Waals surface area contributed by atoms with Gasteiger partial charge >= 0.3 is 6.09 Å². The van der Waals surface area contributed by atoms with Crippen LogP contribution in [-0.4, -0.2) is 48.9 Å². The summed E-state index contributed by atoms with van der Waals surface area (Å²) >= 11 is 0. The Labute approximate surface area is 125 Å². The van der Waals surface area contributed by atoms with Crippen LogP contribution in [0.4, 0.5) is 4.79 Å². The van der Waals surface area contributed by atoms with Crippen LogP contribution in [0.5, 0.6) is 0 Å². The fraction of sp³-hybridized carbons (Fsp3) is 0.867. The van der Waals surface area contributed by atoms with Crippen molar-refractivity contribution in [3.05, 3.63) is 0 Å². The zero-order valence-corrected chi connectivity index (χ0v) is 13.2. The van der Waals surface area contributed by atoms with Crippen molar-refractivity contribution in [2.45, 2.75) is 57.8 Å². The van der Waals surface area contributed by atoms with Gasteiger partial charge in [0.25, 0.3) is 0 Å². The van der Waals surface area contributed by atoms with Crippen molar-refractivity contribution >= 4 is 11.9 Å². The van der Waals surface area contributed by atoms with Crippen molar-refractivity contribution in [1.82, 2.24) is 5.32 Å². The van der Waals surface area contributed by atoms with E-state index >= 15 is 0 Å². The predicted molar refractivity (Wildman–Crippen MR) is 76.1 cm³/mol. The number of nitrogens with one attached hydrogen (secondary N) is 1. The number of epoxide rings is 1. The van der Waals surface area contributed by atoms with Gasteiger partial charge in [-0.25, -0.2) is 4.79 Å². The molecule has 3 atom stereocenters. The molecule has 0 aromatic carbocycles. The molecule has 0 aromatic heterocycles. The van der Waals surface area contributed by atoms with Gasteiger partial charge in [0.15, 0.2) is 5.78 Å². The highest BCUT2D eigenvalue weighted by molar-refractivity contribution is 5.95. The van der Waals surface area contributed by atoms with Gasteiger partial charge in [-0.2, -0.15) is 0 Å². The van der Waals surface area contributed by atoms with Crippen LogP contribution in [0.1, 0.15) is 40.5 Å². The maximum Gasteiger partial charge on any atom is 0.408 e. The number of carbonyl (C=O) groups is 2. The van der Waals surface area contributed by atoms with E-state index in [0.717, 1.165) is 6.42 Å². The molecule has 0 unspecified atom stereocenters. The highest BCUT2D eigenvalue weighted by Crippen LogP contribution is 2.30. The number of ketones is 1. The highest BCUT2D eigenvalue weighted by Gasteiger charge is 2.50. The molecule has 2 aliphatic heterocycles. The fourth-order valence-electron chi connectivity index (χ4n) is 2.40. The Bertz CT molecular complexity index is 405. The molecule has 0 spiro atoms. The monoisotopic (exact) mass is 299 g/mol. The normalized spacial score (nSPS) is 29.8. The number of hydrogen-bond acceptors (Lipinski definition) is 5. The fourth-order valence-corrected chi connectivity index (χ4v) is 2.40. The Morgan fingerprint density at radius 2 is 2.10 bits per heavy atom. The molecule has 0 bridgehead atoms. The minimum Gasteiger partial charge on any atom is -0.444 e. The first-order valence-corrected chi connectivity index (χ1v) is 7.45. The molecule has 0 saturated carbocycles. The molecule has 2 saturated heterocycles. The summed E-state index contributed by atoms with van der Waals surface area (Å²) in [6, 6.07) is -0.584. The van der Waals surface area contributed by atoms with Gasteiger partial charge in [0.2, 0.25) is 0 Å². The molecule has 6 nitrogen and oxygen atoms in total. The number of amides is 1. The van der Waals surface area contributed by atoms with E-state index in [4.69, 9.17) is 14.2 Å². The van der Waals surface area contributed by atoms with Gasteiger partial charge in [0.05, 0.1) is 12.6 Å². The molecule has 0 radical (unpaired) electrons. The number of rotatable bonds is 5. The van der Waals surface area contributed by atoms with Crippen LogP contribution in [0.2, 0.25) is 0 Å². The summed E-state index contributed by atoms with van der Waals surface area (Å²) in [4.78, 5) is 24.4. The Balaban J connectivity index is 1.97. The number of hydrogen-bond donors (Lipinski definition) is 1. The van der Waals surface area contributed by atoms with Gasteiger partial charge in [0, 0.05) is 13.2 Å². The van der Waals surface area contributed by atoms with Crippen molar-refractivity contribution in [2.75, 3.05) is 19.8 Å². The van der Waals surface area contributed by atoms with Crippen LogP contribution < -0.4 is 5.32 Å². The molecule has 0 aliphatic carbocycles. The van der Waals surface area contributed by atoms with E-state index in [9.17, 15) is 9.59 Å². The molecule has 21 heavy (non-hydrogen) atoms. The molecule has 2 fully saturated rings. The summed E-state index contributed by atoms with van der Waals surface area (Å²) in [5.41, 5.74) is -1.34. The molecule has 0 aromatic rings. The van der Waals surface area contributed by atoms with E-state index in [-0.39, 0.29) is 11.7 Å². The Morgan fingerprint density at radius 1 is 1.43 bits per heavy atom. The third-order valence-electron chi connectivity index (χ3n) is 3.70. The van der Waals surface area contributed by atoms with E-state index in [1.54, 1.807) is 27.7 Å². The average molecular weight is 299 g/mol. The molecule has 6 heteroatoms. The lowest BCUT2D eigenvalue weighted by atomic mass is 9.91. The first kappa shape index (κ1) is 16.2. The number of carbonyl (C=O) groups excluding carboxylic acids is 2. The zero-order valence-electron chi connectivity index (χ0n) is 13.2. The molecule has 2 aliphatic rings. The second-order valence-corrected chi connectivity index (χ2v) is 7.05. The van der Waals surface area contributed by atoms with Crippen molar-refractivity contribution in [2.24, 2.45) is 5.92 Å². The van der Waals surface area contributed by atoms with E-state index < -0.39 is 23.3 Å². The summed E-state index contributed by atoms with van der Waals surface area (Å²) in [6.07, 6.45) is 0.915. The van der Waals surface area contributed by atoms with Gasteiger partial charge in [-0.1, -0.05) is 0 Å². The van der Waals surface area contributed by atoms with Crippen LogP contribution in [0.25, 0.3) is 0 Å². The standard InChI is InChI=1S/C15H25NO5/c1-14(2,3)21-13(18)16-11(7-10-5-6-19-8-10)12(17)15(4)9-20-15/h10-11H,5-9H2,1-4H3,(H,16,18)/t10-,11-,15+/m0/s1. The largest absolute Gasteiger partial charge is 0.444 e. The molecule has 2 rings (SSSR count). The van der Waals surface area contributed by atoms with Gasteiger partial charge < -0.3 is 19.5 Å². The average Bonchev–Trinajstić information content (AvgIpc) is 2.88. The lowest BCUT2D eigenvalue weighted by Gasteiger charge is -2.25. The summed E-state index contributed by atoms with van der Waals surface area (Å²) < 4.78 is 15.8. The van der Waals surface area contributed by atoms with Crippen LogP contribution in [0, 0.1) is 5.92 Å². The Kier molecular flexibility index (Phi) is 4.58. The molecule has 2 heterocycles. The summed E-state index contributed by atoms with van der Waals surface area (Å²) in [7, 11) is 0. The first-order chi connectivity index (χ1) is 9.70. The number of ether oxygens (including phenoxy) is 3. The van der Waals surface area contributed by atoms with Gasteiger partial charge in [-0.15, -0.1) is 0 Å². The SMILES string of the molecule is CC(C)(C)OC(=O)N[C@@H](C[C@@H]1CCOC1)C(=O)[C@@]1(C)CO1. The van der Waals surface area contributed by atoms with Crippen LogP contribution in [0.3, 0.4) is 0 Å². The van der Waals surface area contributed by atoms with Gasteiger partial charge in [-0.05, 0) is 46.5 Å². The quantitative estimate of drug-likeness (QED) is 0.781. The van der Waals surface area contributed by atoms with E-state index in [2.05, 4.69) is 5.32 Å². The second kappa shape index (κ2) is 5.93. The van der Waals surface area contributed by atoms with Crippen LogP contribution >= 0.6 is 0 Å². The topological polar surface area (TPSA) is 77.2 Å². The lowest BCUT2D eigenvalue weighted by molar-refractivity contribution is -0.126. The van der Waals surface area contributed by atoms with Crippen LogP contribution in [0.15, 0.2) is 0 Å². The number of Topliss-reactive ketones (excluding diaryl/α,β-unsaturated/α-hetero) is 1. The highest BCUT2D eigenvalue weighted by atomic mass is 16.6. The third-order valence-corrected chi connectivity index (χ3v) is 3.70. The van der Waals surface area contributed by atoms with Crippen LogP contribution in [-0.2, 0) is 19.0 Å². The maximum absolute atomic E-state index is 12.5. The van der Waals surface area contributed by atoms with Crippen molar-refractivity contribution in [1.29, 1.82) is 0 Å². The Hall–Kier alpha value is -1.14. The minimum atomic E-state index is -0.751. The van der Waals surface area contributed by atoms with E-state index in [1.807, 2.05) is 0 Å². The van der Waals surface area contributed by atoms with Crippen molar-refractivity contribution in [3.63, 3.8) is 0 Å².